The minimum atomic E-state index is -3.78. The van der Waals surface area contributed by atoms with E-state index < -0.39 is 16.3 Å². The number of primary sulfonamides is 1. The lowest BCUT2D eigenvalue weighted by atomic mass is 10.3. The summed E-state index contributed by atoms with van der Waals surface area (Å²) < 4.78 is 27.8. The number of aliphatic hydroxyl groups is 1. The van der Waals surface area contributed by atoms with E-state index >= 15 is 0 Å². The summed E-state index contributed by atoms with van der Waals surface area (Å²) in [6.45, 7) is 1.48. The predicted octanol–water partition coefficient (Wildman–Crippen LogP) is 0.661. The van der Waals surface area contributed by atoms with Crippen molar-refractivity contribution < 1.29 is 18.3 Å². The first-order valence-corrected chi connectivity index (χ1v) is 7.00. The standard InChI is InChI=1S/C9H10N2O4S2/c1-5(12)15-6-2-3-7-8(4-6)16-9(11-7)17(10,13)14/h2-5,12H,1H3,(H2,10,13,14). The molecule has 0 saturated carbocycles. The van der Waals surface area contributed by atoms with E-state index in [1.54, 1.807) is 18.2 Å². The molecule has 0 aliphatic heterocycles. The van der Waals surface area contributed by atoms with Crippen LogP contribution in [0.25, 0.3) is 10.2 Å². The summed E-state index contributed by atoms with van der Waals surface area (Å²) in [7, 11) is -3.78. The lowest BCUT2D eigenvalue weighted by molar-refractivity contribution is -0.000178. The van der Waals surface area contributed by atoms with E-state index in [1.165, 1.54) is 6.92 Å². The number of ether oxygens (including phenoxy) is 1. The highest BCUT2D eigenvalue weighted by molar-refractivity contribution is 7.91. The van der Waals surface area contributed by atoms with Crippen molar-refractivity contribution in [1.82, 2.24) is 4.98 Å². The molecular weight excluding hydrogens is 264 g/mol. The number of nitrogens with zero attached hydrogens (tertiary/aromatic N) is 1. The molecule has 92 valence electrons. The molecular formula is C9H10N2O4S2. The monoisotopic (exact) mass is 274 g/mol. The summed E-state index contributed by atoms with van der Waals surface area (Å²) in [6.07, 6.45) is -0.932. The molecule has 8 heteroatoms. The number of thiazole rings is 1. The summed E-state index contributed by atoms with van der Waals surface area (Å²) in [5.41, 5.74) is 0.525. The van der Waals surface area contributed by atoms with Crippen LogP contribution in [0.3, 0.4) is 0 Å². The van der Waals surface area contributed by atoms with Crippen molar-refractivity contribution in [2.24, 2.45) is 5.14 Å². The molecule has 0 aliphatic carbocycles. The summed E-state index contributed by atoms with van der Waals surface area (Å²) in [6, 6.07) is 4.81. The van der Waals surface area contributed by atoms with Crippen LogP contribution in [0.4, 0.5) is 0 Å². The van der Waals surface area contributed by atoms with Gasteiger partial charge in [-0.05, 0) is 25.1 Å². The SMILES string of the molecule is CC(O)Oc1ccc2nc(S(N)(=O)=O)sc2c1. The van der Waals surface area contributed by atoms with Gasteiger partial charge in [0.2, 0.25) is 4.34 Å². The molecule has 0 fully saturated rings. The maximum Gasteiger partial charge on any atom is 0.265 e. The van der Waals surface area contributed by atoms with Crippen LogP contribution in [0.15, 0.2) is 22.5 Å². The molecule has 0 spiro atoms. The Morgan fingerprint density at radius 1 is 1.53 bits per heavy atom. The van der Waals surface area contributed by atoms with Gasteiger partial charge in [0.25, 0.3) is 10.0 Å². The van der Waals surface area contributed by atoms with Crippen LogP contribution in [0.1, 0.15) is 6.92 Å². The highest BCUT2D eigenvalue weighted by atomic mass is 32.2. The maximum absolute atomic E-state index is 11.1. The largest absolute Gasteiger partial charge is 0.465 e. The fourth-order valence-electron chi connectivity index (χ4n) is 1.28. The zero-order chi connectivity index (χ0) is 12.6. The third-order valence-electron chi connectivity index (χ3n) is 1.89. The fraction of sp³-hybridized carbons (Fsp3) is 0.222. The Morgan fingerprint density at radius 2 is 2.24 bits per heavy atom. The van der Waals surface area contributed by atoms with Crippen molar-refractivity contribution in [1.29, 1.82) is 0 Å². The van der Waals surface area contributed by atoms with Crippen molar-refractivity contribution in [3.63, 3.8) is 0 Å². The average molecular weight is 274 g/mol. The highest BCUT2D eigenvalue weighted by Gasteiger charge is 2.14. The van der Waals surface area contributed by atoms with Crippen molar-refractivity contribution in [2.75, 3.05) is 0 Å². The number of hydrogen-bond donors (Lipinski definition) is 2. The average Bonchev–Trinajstić information content (AvgIpc) is 2.58. The van der Waals surface area contributed by atoms with Crippen molar-refractivity contribution in [3.05, 3.63) is 18.2 Å². The lowest BCUT2D eigenvalue weighted by Gasteiger charge is -2.07. The van der Waals surface area contributed by atoms with Crippen LogP contribution in [0.2, 0.25) is 0 Å². The van der Waals surface area contributed by atoms with Crippen molar-refractivity contribution in [3.8, 4) is 5.75 Å². The minimum Gasteiger partial charge on any atom is -0.465 e. The molecule has 1 unspecified atom stereocenters. The molecule has 1 heterocycles. The second-order valence-electron chi connectivity index (χ2n) is 3.37. The van der Waals surface area contributed by atoms with Crippen LogP contribution in [0, 0.1) is 0 Å². The quantitative estimate of drug-likeness (QED) is 0.800. The minimum absolute atomic E-state index is 0.137. The van der Waals surface area contributed by atoms with Gasteiger partial charge in [0.15, 0.2) is 6.29 Å². The Morgan fingerprint density at radius 3 is 2.82 bits per heavy atom. The number of fused-ring (bicyclic) bond motifs is 1. The molecule has 1 aromatic heterocycles. The molecule has 2 aromatic rings. The number of hydrogen-bond acceptors (Lipinski definition) is 6. The second kappa shape index (κ2) is 4.22. The summed E-state index contributed by atoms with van der Waals surface area (Å²) in [4.78, 5) is 3.89. The van der Waals surface area contributed by atoms with E-state index in [1.807, 2.05) is 0 Å². The predicted molar refractivity (Wildman–Crippen MR) is 63.3 cm³/mol. The first kappa shape index (κ1) is 12.2. The summed E-state index contributed by atoms with van der Waals surface area (Å²) in [5.74, 6) is 0.442. The second-order valence-corrected chi connectivity index (χ2v) is 6.14. The number of benzene rings is 1. The van der Waals surface area contributed by atoms with Gasteiger partial charge in [-0.25, -0.2) is 18.5 Å². The Labute approximate surface area is 102 Å². The molecule has 0 bridgehead atoms. The molecule has 0 amide bonds. The van der Waals surface area contributed by atoms with Crippen molar-refractivity contribution >= 4 is 31.6 Å². The van der Waals surface area contributed by atoms with Gasteiger partial charge in [-0.1, -0.05) is 0 Å². The zero-order valence-electron chi connectivity index (χ0n) is 8.82. The van der Waals surface area contributed by atoms with E-state index in [0.717, 1.165) is 11.3 Å². The zero-order valence-corrected chi connectivity index (χ0v) is 10.5. The third-order valence-corrected chi connectivity index (χ3v) is 4.23. The van der Waals surface area contributed by atoms with Gasteiger partial charge in [-0.15, -0.1) is 11.3 Å². The molecule has 2 rings (SSSR count). The Hall–Kier alpha value is -1.22. The van der Waals surface area contributed by atoms with Gasteiger partial charge in [0, 0.05) is 0 Å². The first-order chi connectivity index (χ1) is 7.86. The van der Waals surface area contributed by atoms with Gasteiger partial charge in [0.05, 0.1) is 10.2 Å². The van der Waals surface area contributed by atoms with Gasteiger partial charge in [0.1, 0.15) is 5.75 Å². The summed E-state index contributed by atoms with van der Waals surface area (Å²) >= 11 is 0.960. The maximum atomic E-state index is 11.1. The Kier molecular flexibility index (Phi) is 3.04. The highest BCUT2D eigenvalue weighted by Crippen LogP contribution is 2.28. The van der Waals surface area contributed by atoms with E-state index in [2.05, 4.69) is 4.98 Å². The van der Waals surface area contributed by atoms with Crippen molar-refractivity contribution in [2.45, 2.75) is 17.6 Å². The van der Waals surface area contributed by atoms with Crippen LogP contribution in [0.5, 0.6) is 5.75 Å². The Bertz CT molecular complexity index is 648. The summed E-state index contributed by atoms with van der Waals surface area (Å²) in [5, 5.41) is 14.1. The van der Waals surface area contributed by atoms with E-state index in [0.29, 0.717) is 16.0 Å². The number of nitrogens with two attached hydrogens (primary N) is 1. The van der Waals surface area contributed by atoms with E-state index in [9.17, 15) is 8.42 Å². The molecule has 0 radical (unpaired) electrons. The first-order valence-electron chi connectivity index (χ1n) is 4.64. The topological polar surface area (TPSA) is 103 Å². The van der Waals surface area contributed by atoms with Crippen LogP contribution < -0.4 is 9.88 Å². The molecule has 3 N–H and O–H groups in total. The fourth-order valence-corrected chi connectivity index (χ4v) is 2.96. The smallest absolute Gasteiger partial charge is 0.265 e. The van der Waals surface area contributed by atoms with Crippen LogP contribution in [-0.2, 0) is 10.0 Å². The lowest BCUT2D eigenvalue weighted by Crippen LogP contribution is -2.11. The van der Waals surface area contributed by atoms with Gasteiger partial charge < -0.3 is 9.84 Å². The number of aliphatic hydroxyl groups excluding tert-OH is 1. The van der Waals surface area contributed by atoms with Crippen LogP contribution in [-0.4, -0.2) is 24.8 Å². The molecule has 6 nitrogen and oxygen atoms in total. The normalized spacial score (nSPS) is 13.8. The molecule has 17 heavy (non-hydrogen) atoms. The third kappa shape index (κ3) is 2.72. The van der Waals surface area contributed by atoms with Gasteiger partial charge in [-0.3, -0.25) is 0 Å². The van der Waals surface area contributed by atoms with Crippen LogP contribution >= 0.6 is 11.3 Å². The molecule has 0 saturated heterocycles. The van der Waals surface area contributed by atoms with Gasteiger partial charge >= 0.3 is 0 Å². The molecule has 0 aliphatic rings. The number of rotatable bonds is 3. The molecule has 1 atom stereocenters. The number of sulfonamides is 1. The molecule has 1 aromatic carbocycles. The van der Waals surface area contributed by atoms with E-state index in [4.69, 9.17) is 15.0 Å². The van der Waals surface area contributed by atoms with E-state index in [-0.39, 0.29) is 4.34 Å². The Balaban J connectivity index is 2.48. The van der Waals surface area contributed by atoms with Gasteiger partial charge in [-0.2, -0.15) is 0 Å². The number of aromatic nitrogens is 1.